The van der Waals surface area contributed by atoms with Gasteiger partial charge in [0.15, 0.2) is 0 Å². The first kappa shape index (κ1) is 17.0. The Labute approximate surface area is 144 Å². The van der Waals surface area contributed by atoms with Gasteiger partial charge in [0.2, 0.25) is 5.91 Å². The lowest BCUT2D eigenvalue weighted by atomic mass is 9.88. The van der Waals surface area contributed by atoms with Crippen molar-refractivity contribution in [3.8, 4) is 0 Å². The molecule has 1 saturated carbocycles. The fraction of sp³-hybridized carbons (Fsp3) is 0.737. The van der Waals surface area contributed by atoms with Crippen molar-refractivity contribution in [2.45, 2.75) is 63.8 Å². The van der Waals surface area contributed by atoms with Crippen LogP contribution in [-0.2, 0) is 4.79 Å². The average Bonchev–Trinajstić information content (AvgIpc) is 2.99. The number of amides is 1. The van der Waals surface area contributed by atoms with Gasteiger partial charge in [-0.3, -0.25) is 9.69 Å². The Morgan fingerprint density at radius 2 is 1.83 bits per heavy atom. The quantitative estimate of drug-likeness (QED) is 0.867. The molecule has 0 spiro atoms. The summed E-state index contributed by atoms with van der Waals surface area (Å²) in [6, 6.07) is 4.72. The zero-order valence-electron chi connectivity index (χ0n) is 14.1. The lowest BCUT2D eigenvalue weighted by Crippen LogP contribution is -2.40. The molecule has 1 amide bonds. The molecule has 1 aromatic heterocycles. The topological polar surface area (TPSA) is 32.3 Å². The van der Waals surface area contributed by atoms with Gasteiger partial charge >= 0.3 is 0 Å². The van der Waals surface area contributed by atoms with Crippen molar-refractivity contribution in [3.63, 3.8) is 0 Å². The van der Waals surface area contributed by atoms with Gasteiger partial charge in [-0.05, 0) is 50.2 Å². The molecule has 3 nitrogen and oxygen atoms in total. The maximum absolute atomic E-state index is 12.5. The van der Waals surface area contributed by atoms with Crippen LogP contribution < -0.4 is 5.32 Å². The van der Waals surface area contributed by atoms with Crippen molar-refractivity contribution in [1.29, 1.82) is 0 Å². The number of carbonyl (C=O) groups excluding carboxylic acids is 1. The zero-order valence-corrected chi connectivity index (χ0v) is 15.0. The highest BCUT2D eigenvalue weighted by molar-refractivity contribution is 7.10. The highest BCUT2D eigenvalue weighted by Crippen LogP contribution is 2.28. The van der Waals surface area contributed by atoms with E-state index in [4.69, 9.17) is 0 Å². The fourth-order valence-electron chi connectivity index (χ4n) is 4.00. The lowest BCUT2D eigenvalue weighted by Gasteiger charge is -2.31. The van der Waals surface area contributed by atoms with Gasteiger partial charge in [0.05, 0.1) is 6.04 Å². The number of hydrogen-bond donors (Lipinski definition) is 1. The van der Waals surface area contributed by atoms with Crippen LogP contribution in [0.25, 0.3) is 0 Å². The minimum atomic E-state index is 0.261. The molecule has 2 fully saturated rings. The molecule has 0 bridgehead atoms. The molecular formula is C19H30N2OS. The summed E-state index contributed by atoms with van der Waals surface area (Å²) >= 11 is 1.83. The molecule has 0 aromatic carbocycles. The molecule has 3 rings (SSSR count). The van der Waals surface area contributed by atoms with Crippen LogP contribution in [-0.4, -0.2) is 30.4 Å². The normalized spacial score (nSPS) is 22.4. The van der Waals surface area contributed by atoms with Gasteiger partial charge in [0.1, 0.15) is 0 Å². The van der Waals surface area contributed by atoms with Crippen LogP contribution in [0.1, 0.15) is 68.7 Å². The maximum Gasteiger partial charge on any atom is 0.223 e. The van der Waals surface area contributed by atoms with Crippen molar-refractivity contribution >= 4 is 17.2 Å². The number of nitrogens with one attached hydrogen (secondary N) is 1. The summed E-state index contributed by atoms with van der Waals surface area (Å²) in [5.74, 6) is 0.554. The summed E-state index contributed by atoms with van der Waals surface area (Å²) in [6.45, 7) is 3.11. The van der Waals surface area contributed by atoms with Crippen molar-refractivity contribution in [2.24, 2.45) is 5.92 Å². The summed E-state index contributed by atoms with van der Waals surface area (Å²) in [5, 5.41) is 5.44. The van der Waals surface area contributed by atoms with E-state index in [-0.39, 0.29) is 5.92 Å². The smallest absolute Gasteiger partial charge is 0.223 e. The Kier molecular flexibility index (Phi) is 6.52. The molecule has 1 saturated heterocycles. The van der Waals surface area contributed by atoms with Gasteiger partial charge in [0.25, 0.3) is 0 Å². The Morgan fingerprint density at radius 3 is 2.48 bits per heavy atom. The van der Waals surface area contributed by atoms with Gasteiger partial charge in [-0.2, -0.15) is 0 Å². The van der Waals surface area contributed by atoms with E-state index in [1.807, 2.05) is 11.3 Å². The van der Waals surface area contributed by atoms with Crippen LogP contribution in [0.4, 0.5) is 0 Å². The molecule has 4 heteroatoms. The molecule has 1 aliphatic heterocycles. The SMILES string of the molecule is O=C(NCC(c1cccs1)N1CCCCCC1)C1CCCCC1. The zero-order chi connectivity index (χ0) is 15.9. The minimum Gasteiger partial charge on any atom is -0.354 e. The van der Waals surface area contributed by atoms with Crippen molar-refractivity contribution in [2.75, 3.05) is 19.6 Å². The number of nitrogens with zero attached hydrogens (tertiary/aromatic N) is 1. The van der Waals surface area contributed by atoms with E-state index < -0.39 is 0 Å². The standard InChI is InChI=1S/C19H30N2OS/c22-19(16-9-4-3-5-10-16)20-15-17(18-11-8-14-23-18)21-12-6-1-2-7-13-21/h8,11,14,16-17H,1-7,9-10,12-13,15H2,(H,20,22). The van der Waals surface area contributed by atoms with Gasteiger partial charge in [-0.25, -0.2) is 0 Å². The molecule has 0 radical (unpaired) electrons. The first-order valence-corrected chi connectivity index (χ1v) is 10.3. The molecule has 1 atom stereocenters. The second-order valence-corrected chi connectivity index (χ2v) is 8.04. The van der Waals surface area contributed by atoms with Gasteiger partial charge in [-0.15, -0.1) is 11.3 Å². The fourth-order valence-corrected chi connectivity index (χ4v) is 4.86. The van der Waals surface area contributed by atoms with E-state index >= 15 is 0 Å². The van der Waals surface area contributed by atoms with Gasteiger partial charge in [-0.1, -0.05) is 38.2 Å². The Bertz CT molecular complexity index is 460. The number of thiophene rings is 1. The van der Waals surface area contributed by atoms with Crippen LogP contribution in [0, 0.1) is 5.92 Å². The third-order valence-corrected chi connectivity index (χ3v) is 6.37. The largest absolute Gasteiger partial charge is 0.354 e. The maximum atomic E-state index is 12.5. The molecular weight excluding hydrogens is 304 g/mol. The van der Waals surface area contributed by atoms with Crippen molar-refractivity contribution in [1.82, 2.24) is 10.2 Å². The van der Waals surface area contributed by atoms with Crippen LogP contribution in [0.5, 0.6) is 0 Å². The third-order valence-electron chi connectivity index (χ3n) is 5.40. The molecule has 2 heterocycles. The summed E-state index contributed by atoms with van der Waals surface area (Å²) in [7, 11) is 0. The molecule has 128 valence electrons. The molecule has 1 aliphatic carbocycles. The minimum absolute atomic E-state index is 0.261. The van der Waals surface area contributed by atoms with Crippen LogP contribution in [0.15, 0.2) is 17.5 Å². The summed E-state index contributed by atoms with van der Waals surface area (Å²) in [6.07, 6.45) is 11.2. The Balaban J connectivity index is 1.60. The van der Waals surface area contributed by atoms with Crippen molar-refractivity contribution < 1.29 is 4.79 Å². The van der Waals surface area contributed by atoms with E-state index in [0.29, 0.717) is 11.9 Å². The van der Waals surface area contributed by atoms with E-state index in [1.165, 1.54) is 62.9 Å². The predicted octanol–water partition coefficient (Wildman–Crippen LogP) is 4.36. The number of hydrogen-bond acceptors (Lipinski definition) is 3. The Hall–Kier alpha value is -0.870. The highest BCUT2D eigenvalue weighted by Gasteiger charge is 2.25. The highest BCUT2D eigenvalue weighted by atomic mass is 32.1. The third kappa shape index (κ3) is 4.80. The van der Waals surface area contributed by atoms with Crippen LogP contribution in [0.2, 0.25) is 0 Å². The second kappa shape index (κ2) is 8.84. The van der Waals surface area contributed by atoms with Gasteiger partial charge < -0.3 is 5.32 Å². The lowest BCUT2D eigenvalue weighted by molar-refractivity contribution is -0.126. The summed E-state index contributed by atoms with van der Waals surface area (Å²) < 4.78 is 0. The number of carbonyl (C=O) groups is 1. The molecule has 1 unspecified atom stereocenters. The Morgan fingerprint density at radius 1 is 1.13 bits per heavy atom. The van der Waals surface area contributed by atoms with Crippen LogP contribution in [0.3, 0.4) is 0 Å². The first-order chi connectivity index (χ1) is 11.3. The monoisotopic (exact) mass is 334 g/mol. The first-order valence-electron chi connectivity index (χ1n) is 9.40. The molecule has 1 aromatic rings. The predicted molar refractivity (Wildman–Crippen MR) is 96.7 cm³/mol. The number of rotatable bonds is 5. The second-order valence-electron chi connectivity index (χ2n) is 7.06. The van der Waals surface area contributed by atoms with E-state index in [1.54, 1.807) is 0 Å². The van der Waals surface area contributed by atoms with E-state index in [9.17, 15) is 4.79 Å². The van der Waals surface area contributed by atoms with E-state index in [2.05, 4.69) is 27.7 Å². The molecule has 23 heavy (non-hydrogen) atoms. The molecule has 2 aliphatic rings. The van der Waals surface area contributed by atoms with Gasteiger partial charge in [0, 0.05) is 17.3 Å². The van der Waals surface area contributed by atoms with Crippen LogP contribution >= 0.6 is 11.3 Å². The summed E-state index contributed by atoms with van der Waals surface area (Å²) in [4.78, 5) is 16.5. The number of likely N-dealkylation sites (tertiary alicyclic amines) is 1. The average molecular weight is 335 g/mol. The van der Waals surface area contributed by atoms with E-state index in [0.717, 1.165) is 19.4 Å². The molecule has 1 N–H and O–H groups in total. The summed E-state index contributed by atoms with van der Waals surface area (Å²) in [5.41, 5.74) is 0. The van der Waals surface area contributed by atoms with Crippen molar-refractivity contribution in [3.05, 3.63) is 22.4 Å².